The molecule has 0 aliphatic carbocycles. The normalized spacial score (nSPS) is 20.0. The van der Waals surface area contributed by atoms with Gasteiger partial charge in [-0.2, -0.15) is 65.0 Å². The molecule has 16 aromatic rings. The fraction of sp³-hybridized carbons (Fsp3) is 0.442. The van der Waals surface area contributed by atoms with Crippen LogP contribution in [-0.2, 0) is 36.8 Å². The topological polar surface area (TPSA) is 393 Å². The van der Waals surface area contributed by atoms with Gasteiger partial charge in [0.25, 0.3) is 12.9 Å². The summed E-state index contributed by atoms with van der Waals surface area (Å²) in [6.07, 6.45) is 4.91. The van der Waals surface area contributed by atoms with Gasteiger partial charge in [0.1, 0.15) is 101 Å². The molecule has 53 heteroatoms. The molecule has 5 aliphatic rings. The molecule has 5 aliphatic heterocycles. The van der Waals surface area contributed by atoms with Crippen LogP contribution >= 0.6 is 28.6 Å². The van der Waals surface area contributed by atoms with Gasteiger partial charge in [-0.05, 0) is 176 Å². The Hall–Kier alpha value is -13.3. The number of fused-ring (bicyclic) bond motifs is 5. The first kappa shape index (κ1) is 106. The Morgan fingerprint density at radius 2 is 0.574 bits per heavy atom. The van der Waals surface area contributed by atoms with Crippen LogP contribution < -0.4 is 24.5 Å². The number of hydrogen-bond donors (Lipinski definition) is 1. The summed E-state index contributed by atoms with van der Waals surface area (Å²) in [4.78, 5) is 82.0. The standard InChI is InChI=1S/3C19H22F3N6OP.C19H18F2N8.C19H23F2N6OP/c3*1-12-6-13(30(2,3)29)10-27(9-12)18-7-14(24-11-25-18)15-8-23-17-5-4-16(19(20,21)22)26-28(15)17;20-19(21)13-3-4-17-23-8-16(29(17)27-13)14-6-18(26-11-25-14)28-5-1-2-12(9-28)15-7-22-10-24-15;1-12-6-13(29(2,3)28)10-26(9-12)18-7-15(23-11-24-18)16-8-22-17-5-4-14(19(20)21)25-27(16)17/h3*4-5,7-8,11-13H,6,9-10H2,1-3H3;3-4,6-8,10-12,19H,1-2,5,9H2,(H,22,24);4-5,7-8,11-13,19H,6,9-10H2,1-3H3. The summed E-state index contributed by atoms with van der Waals surface area (Å²) in [5, 5.41) is 19.1. The van der Waals surface area contributed by atoms with Gasteiger partial charge in [0, 0.05) is 136 Å². The molecule has 21 rings (SSSR count). The van der Waals surface area contributed by atoms with Gasteiger partial charge in [-0.1, -0.05) is 27.7 Å². The van der Waals surface area contributed by atoms with Crippen LogP contribution in [0.1, 0.15) is 119 Å². The molecule has 0 saturated carbocycles. The number of aromatic nitrogens is 27. The number of rotatable bonds is 17. The Labute approximate surface area is 840 Å². The molecule has 21 heterocycles. The summed E-state index contributed by atoms with van der Waals surface area (Å²) in [5.41, 5.74) is 4.18. The van der Waals surface area contributed by atoms with Gasteiger partial charge >= 0.3 is 18.5 Å². The van der Waals surface area contributed by atoms with Crippen molar-refractivity contribution in [2.24, 2.45) is 23.7 Å². The van der Waals surface area contributed by atoms with Crippen molar-refractivity contribution in [1.29, 1.82) is 0 Å². The molecule has 0 bridgehead atoms. The maximum Gasteiger partial charge on any atom is 0.435 e. The average molecular weight is 2130 g/mol. The number of anilines is 5. The van der Waals surface area contributed by atoms with E-state index in [2.05, 4.69) is 162 Å². The third-order valence-electron chi connectivity index (χ3n) is 26.8. The van der Waals surface area contributed by atoms with Crippen molar-refractivity contribution in [3.63, 3.8) is 0 Å². The maximum atomic E-state index is 13.1. The molecule has 36 nitrogen and oxygen atoms in total. The minimum absolute atomic E-state index is 0.0754. The Balaban J connectivity index is 0.000000126. The SMILES string of the molecule is CC1CC(P(C)(C)=O)CN(c2cc(-c3cnc4ccc(C(F)(F)F)nn34)ncn2)C1.CC1CC(P(C)(C)=O)CN(c2cc(-c3cnc4ccc(C(F)(F)F)nn34)ncn2)C1.CC1CC(P(C)(C)=O)CN(c2cc(-c3cnc4ccc(C(F)(F)F)nn34)ncn2)C1.CC1CC(P(C)(C)=O)CN(c2cc(-c3cnc4ccc(C(F)F)nn34)ncn2)C1.FC(F)c1ccc2ncc(-c3cc(N4CCCC(c5cnc[nH]5)C4)ncn3)n2n1. The van der Waals surface area contributed by atoms with E-state index < -0.39 is 77.0 Å². The zero-order valence-corrected chi connectivity index (χ0v) is 86.0. The number of halogens is 13. The largest absolute Gasteiger partial charge is 0.435 e. The quantitative estimate of drug-likeness (QED) is 0.0653. The lowest BCUT2D eigenvalue weighted by molar-refractivity contribution is -0.142. The molecule has 782 valence electrons. The molecule has 5 saturated heterocycles. The third kappa shape index (κ3) is 24.6. The highest BCUT2D eigenvalue weighted by atomic mass is 31.2. The summed E-state index contributed by atoms with van der Waals surface area (Å²) in [7, 11) is -9.02. The van der Waals surface area contributed by atoms with E-state index in [9.17, 15) is 75.3 Å². The van der Waals surface area contributed by atoms with E-state index in [1.165, 1.54) is 102 Å². The first-order valence-corrected chi connectivity index (χ1v) is 58.2. The molecule has 9 unspecified atom stereocenters. The Kier molecular flexibility index (Phi) is 30.6. The van der Waals surface area contributed by atoms with E-state index in [4.69, 9.17) is 0 Å². The van der Waals surface area contributed by atoms with E-state index in [1.54, 1.807) is 36.9 Å². The Morgan fingerprint density at radius 3 is 0.818 bits per heavy atom. The number of imidazole rings is 6. The highest BCUT2D eigenvalue weighted by Gasteiger charge is 2.41. The van der Waals surface area contributed by atoms with Crippen molar-refractivity contribution in [2.75, 3.05) is 143 Å². The van der Waals surface area contributed by atoms with Crippen LogP contribution in [0, 0.1) is 23.7 Å². The number of alkyl halides is 13. The Bertz CT molecular complexity index is 7210. The molecule has 5 fully saturated rings. The molecule has 148 heavy (non-hydrogen) atoms. The third-order valence-corrected chi connectivity index (χ3v) is 35.3. The predicted molar refractivity (Wildman–Crippen MR) is 535 cm³/mol. The van der Waals surface area contributed by atoms with Crippen molar-refractivity contribution >= 4 is 85.9 Å². The highest BCUT2D eigenvalue weighted by molar-refractivity contribution is 7.64. The first-order valence-electron chi connectivity index (χ1n) is 47.5. The number of nitrogens with one attached hydrogen (secondary N) is 1. The van der Waals surface area contributed by atoms with Crippen LogP contribution in [0.4, 0.5) is 86.2 Å². The summed E-state index contributed by atoms with van der Waals surface area (Å²) in [5.74, 6) is 5.25. The van der Waals surface area contributed by atoms with Crippen LogP contribution in [0.25, 0.3) is 85.2 Å². The molecule has 0 spiro atoms. The van der Waals surface area contributed by atoms with Crippen LogP contribution in [0.15, 0.2) is 166 Å². The zero-order chi connectivity index (χ0) is 106. The molecule has 0 amide bonds. The molecular weight excluding hydrogens is 2020 g/mol. The summed E-state index contributed by atoms with van der Waals surface area (Å²) < 4.78 is 227. The van der Waals surface area contributed by atoms with Gasteiger partial charge in [-0.15, -0.1) is 0 Å². The first-order chi connectivity index (χ1) is 70.0. The number of nitrogens with zero attached hydrogens (tertiary/aromatic N) is 31. The van der Waals surface area contributed by atoms with Crippen molar-refractivity contribution in [2.45, 2.75) is 126 Å². The Morgan fingerprint density at radius 1 is 0.318 bits per heavy atom. The summed E-state index contributed by atoms with van der Waals surface area (Å²) in [6.45, 7) is 30.3. The fourth-order valence-corrected chi connectivity index (χ4v) is 24.8. The van der Waals surface area contributed by atoms with Gasteiger partial charge in [0.2, 0.25) is 0 Å². The summed E-state index contributed by atoms with van der Waals surface area (Å²) >= 11 is 0. The van der Waals surface area contributed by atoms with Gasteiger partial charge in [-0.3, -0.25) is 0 Å². The molecule has 16 aromatic heterocycles. The van der Waals surface area contributed by atoms with Gasteiger partial charge in [0.15, 0.2) is 45.3 Å². The smallest absolute Gasteiger partial charge is 0.356 e. The maximum absolute atomic E-state index is 13.1. The van der Waals surface area contributed by atoms with E-state index in [0.29, 0.717) is 158 Å². The second kappa shape index (κ2) is 42.8. The lowest BCUT2D eigenvalue weighted by Gasteiger charge is -2.38. The van der Waals surface area contributed by atoms with Crippen LogP contribution in [0.2, 0.25) is 0 Å². The minimum Gasteiger partial charge on any atom is -0.356 e. The minimum atomic E-state index is -4.56. The predicted octanol–water partition coefficient (Wildman–Crippen LogP) is 19.3. The van der Waals surface area contributed by atoms with E-state index >= 15 is 0 Å². The number of hydrogen-bond acceptors (Lipinski definition) is 30. The zero-order valence-electron chi connectivity index (χ0n) is 82.5. The van der Waals surface area contributed by atoms with Gasteiger partial charge in [-0.25, -0.2) is 120 Å². The lowest BCUT2D eigenvalue weighted by atomic mass is 9.95. The van der Waals surface area contributed by atoms with Gasteiger partial charge in [0.05, 0.1) is 94.3 Å². The fourth-order valence-electron chi connectivity index (χ4n) is 19.0. The van der Waals surface area contributed by atoms with E-state index in [-0.39, 0.29) is 34.0 Å². The van der Waals surface area contributed by atoms with Gasteiger partial charge < -0.3 is 47.7 Å². The molecular formula is C95H107F13N32O4P4. The number of aromatic amines is 1. The molecule has 9 atom stereocenters. The summed E-state index contributed by atoms with van der Waals surface area (Å²) in [6, 6.07) is 21.0. The van der Waals surface area contributed by atoms with Crippen molar-refractivity contribution < 1.29 is 75.3 Å². The monoisotopic (exact) mass is 2130 g/mol. The average Bonchev–Trinajstić information content (AvgIpc) is 1.59. The van der Waals surface area contributed by atoms with Crippen molar-refractivity contribution in [3.05, 3.63) is 200 Å². The second-order valence-electron chi connectivity index (χ2n) is 39.8. The number of piperidine rings is 5. The number of H-pyrrole nitrogens is 1. The van der Waals surface area contributed by atoms with Crippen molar-refractivity contribution in [3.8, 4) is 56.9 Å². The van der Waals surface area contributed by atoms with E-state index in [0.717, 1.165) is 127 Å². The lowest BCUT2D eigenvalue weighted by Crippen LogP contribution is -2.42. The van der Waals surface area contributed by atoms with Crippen LogP contribution in [0.3, 0.4) is 0 Å². The molecule has 0 radical (unpaired) electrons. The molecule has 1 N–H and O–H groups in total. The second-order valence-corrected chi connectivity index (χ2v) is 54.2. The molecule has 0 aromatic carbocycles. The van der Waals surface area contributed by atoms with Crippen LogP contribution in [0.5, 0.6) is 0 Å². The van der Waals surface area contributed by atoms with Crippen LogP contribution in [-0.4, -0.2) is 274 Å². The van der Waals surface area contributed by atoms with E-state index in [1.807, 2.05) is 71.6 Å². The van der Waals surface area contributed by atoms with Crippen molar-refractivity contribution in [1.82, 2.24) is 133 Å². The highest BCUT2D eigenvalue weighted by Crippen LogP contribution is 2.52.